The summed E-state index contributed by atoms with van der Waals surface area (Å²) in [7, 11) is 3.43. The summed E-state index contributed by atoms with van der Waals surface area (Å²) in [6.45, 7) is 0.731. The number of nitrogens with one attached hydrogen (secondary N) is 1. The van der Waals surface area contributed by atoms with Crippen LogP contribution in [0.4, 0.5) is 0 Å². The van der Waals surface area contributed by atoms with E-state index in [9.17, 15) is 4.79 Å². The van der Waals surface area contributed by atoms with Crippen LogP contribution in [0.5, 0.6) is 0 Å². The van der Waals surface area contributed by atoms with Gasteiger partial charge in [-0.1, -0.05) is 0 Å². The number of hydrogen-bond donors (Lipinski definition) is 1. The Morgan fingerprint density at radius 2 is 2.44 bits per heavy atom. The standard InChI is InChI=1S/C6H13NO2/c1-7-5-6(9-2)3-4-8/h4,6-7H,3,5H2,1-2H3. The highest BCUT2D eigenvalue weighted by molar-refractivity contribution is 5.50. The SMILES string of the molecule is CNCC(CC=O)OC. The van der Waals surface area contributed by atoms with Crippen molar-refractivity contribution in [2.24, 2.45) is 0 Å². The zero-order valence-electron chi connectivity index (χ0n) is 5.89. The van der Waals surface area contributed by atoms with Crippen LogP contribution < -0.4 is 5.32 Å². The molecule has 3 nitrogen and oxygen atoms in total. The predicted molar refractivity (Wildman–Crippen MR) is 35.4 cm³/mol. The maximum absolute atomic E-state index is 9.94. The third-order valence-corrected chi connectivity index (χ3v) is 1.12. The Balaban J connectivity index is 3.28. The molecule has 0 aliphatic rings. The van der Waals surface area contributed by atoms with Crippen molar-refractivity contribution < 1.29 is 9.53 Å². The van der Waals surface area contributed by atoms with Gasteiger partial charge < -0.3 is 14.8 Å². The van der Waals surface area contributed by atoms with E-state index in [2.05, 4.69) is 5.32 Å². The number of carbonyl (C=O) groups excluding carboxylic acids is 1. The lowest BCUT2D eigenvalue weighted by atomic mass is 10.3. The van der Waals surface area contributed by atoms with Gasteiger partial charge in [0.25, 0.3) is 0 Å². The third kappa shape index (κ3) is 4.12. The second-order valence-corrected chi connectivity index (χ2v) is 1.82. The fraction of sp³-hybridized carbons (Fsp3) is 0.833. The third-order valence-electron chi connectivity index (χ3n) is 1.12. The first-order valence-corrected chi connectivity index (χ1v) is 2.96. The summed E-state index contributed by atoms with van der Waals surface area (Å²) in [6.07, 6.45) is 1.37. The first-order chi connectivity index (χ1) is 4.35. The first kappa shape index (κ1) is 8.59. The van der Waals surface area contributed by atoms with Crippen molar-refractivity contribution in [2.45, 2.75) is 12.5 Å². The normalized spacial score (nSPS) is 13.1. The largest absolute Gasteiger partial charge is 0.380 e. The van der Waals surface area contributed by atoms with Crippen LogP contribution in [0, 0.1) is 0 Å². The van der Waals surface area contributed by atoms with E-state index in [-0.39, 0.29) is 6.10 Å². The molecule has 54 valence electrons. The molecule has 0 bridgehead atoms. The average Bonchev–Trinajstić information content (AvgIpc) is 1.88. The van der Waals surface area contributed by atoms with Crippen molar-refractivity contribution in [3.63, 3.8) is 0 Å². The number of carbonyl (C=O) groups is 1. The molecule has 0 aromatic carbocycles. The fourth-order valence-electron chi connectivity index (χ4n) is 0.598. The smallest absolute Gasteiger partial charge is 0.122 e. The van der Waals surface area contributed by atoms with E-state index in [4.69, 9.17) is 4.74 Å². The summed E-state index contributed by atoms with van der Waals surface area (Å²) in [4.78, 5) is 9.94. The molecule has 0 aliphatic heterocycles. The molecule has 0 saturated heterocycles. The molecule has 0 radical (unpaired) electrons. The summed E-state index contributed by atoms with van der Waals surface area (Å²) in [5, 5.41) is 2.92. The van der Waals surface area contributed by atoms with Gasteiger partial charge in [0.2, 0.25) is 0 Å². The van der Waals surface area contributed by atoms with Gasteiger partial charge in [0.05, 0.1) is 6.10 Å². The van der Waals surface area contributed by atoms with Crippen molar-refractivity contribution in [1.82, 2.24) is 5.32 Å². The van der Waals surface area contributed by atoms with Gasteiger partial charge in [-0.05, 0) is 7.05 Å². The van der Waals surface area contributed by atoms with Crippen LogP contribution >= 0.6 is 0 Å². The molecule has 0 aromatic rings. The van der Waals surface area contributed by atoms with Crippen LogP contribution in [-0.4, -0.2) is 33.1 Å². The lowest BCUT2D eigenvalue weighted by Crippen LogP contribution is -2.25. The first-order valence-electron chi connectivity index (χ1n) is 2.96. The lowest BCUT2D eigenvalue weighted by Gasteiger charge is -2.09. The van der Waals surface area contributed by atoms with Gasteiger partial charge in [-0.15, -0.1) is 0 Å². The quantitative estimate of drug-likeness (QED) is 0.525. The molecular weight excluding hydrogens is 118 g/mol. The second-order valence-electron chi connectivity index (χ2n) is 1.82. The predicted octanol–water partition coefficient (Wildman–Crippen LogP) is -0.190. The molecule has 1 atom stereocenters. The van der Waals surface area contributed by atoms with Crippen LogP contribution in [-0.2, 0) is 9.53 Å². The average molecular weight is 131 g/mol. The van der Waals surface area contributed by atoms with Crippen molar-refractivity contribution in [3.8, 4) is 0 Å². The second kappa shape index (κ2) is 5.72. The van der Waals surface area contributed by atoms with E-state index in [0.717, 1.165) is 12.8 Å². The number of likely N-dealkylation sites (N-methyl/N-ethyl adjacent to an activating group) is 1. The maximum Gasteiger partial charge on any atom is 0.122 e. The Morgan fingerprint density at radius 1 is 1.78 bits per heavy atom. The van der Waals surface area contributed by atoms with Gasteiger partial charge in [-0.25, -0.2) is 0 Å². The molecule has 0 aliphatic carbocycles. The molecule has 0 rings (SSSR count). The minimum absolute atomic E-state index is 0.0347. The summed E-state index contributed by atoms with van der Waals surface area (Å²) < 4.78 is 4.94. The highest BCUT2D eigenvalue weighted by Crippen LogP contribution is 1.90. The molecule has 3 heteroatoms. The summed E-state index contributed by atoms with van der Waals surface area (Å²) in [5.74, 6) is 0. The molecule has 0 fully saturated rings. The monoisotopic (exact) mass is 131 g/mol. The molecular formula is C6H13NO2. The van der Waals surface area contributed by atoms with Crippen molar-refractivity contribution in [2.75, 3.05) is 20.7 Å². The highest BCUT2D eigenvalue weighted by Gasteiger charge is 2.02. The van der Waals surface area contributed by atoms with Gasteiger partial charge in [0.15, 0.2) is 0 Å². The van der Waals surface area contributed by atoms with Crippen molar-refractivity contribution >= 4 is 6.29 Å². The zero-order chi connectivity index (χ0) is 7.11. The van der Waals surface area contributed by atoms with Gasteiger partial charge in [0.1, 0.15) is 6.29 Å². The summed E-state index contributed by atoms with van der Waals surface area (Å²) in [6, 6.07) is 0. The summed E-state index contributed by atoms with van der Waals surface area (Å²) in [5.41, 5.74) is 0. The Labute approximate surface area is 55.4 Å². The Bertz CT molecular complexity index is 75.5. The van der Waals surface area contributed by atoms with E-state index < -0.39 is 0 Å². The Hall–Kier alpha value is -0.410. The molecule has 0 heterocycles. The number of ether oxygens (including phenoxy) is 1. The maximum atomic E-state index is 9.94. The number of aldehydes is 1. The van der Waals surface area contributed by atoms with Crippen LogP contribution in [0.15, 0.2) is 0 Å². The van der Waals surface area contributed by atoms with Crippen molar-refractivity contribution in [3.05, 3.63) is 0 Å². The van der Waals surface area contributed by atoms with E-state index in [1.54, 1.807) is 7.11 Å². The van der Waals surface area contributed by atoms with Gasteiger partial charge in [0, 0.05) is 20.1 Å². The van der Waals surface area contributed by atoms with E-state index in [0.29, 0.717) is 6.42 Å². The molecule has 0 saturated carbocycles. The topological polar surface area (TPSA) is 38.3 Å². The fourth-order valence-corrected chi connectivity index (χ4v) is 0.598. The van der Waals surface area contributed by atoms with Crippen LogP contribution in [0.2, 0.25) is 0 Å². The number of rotatable bonds is 5. The zero-order valence-corrected chi connectivity index (χ0v) is 5.89. The molecule has 9 heavy (non-hydrogen) atoms. The van der Waals surface area contributed by atoms with Crippen LogP contribution in [0.1, 0.15) is 6.42 Å². The van der Waals surface area contributed by atoms with Gasteiger partial charge >= 0.3 is 0 Å². The number of hydrogen-bond acceptors (Lipinski definition) is 3. The summed E-state index contributed by atoms with van der Waals surface area (Å²) >= 11 is 0. The van der Waals surface area contributed by atoms with Crippen LogP contribution in [0.25, 0.3) is 0 Å². The Kier molecular flexibility index (Phi) is 5.46. The number of methoxy groups -OCH3 is 1. The highest BCUT2D eigenvalue weighted by atomic mass is 16.5. The molecule has 1 unspecified atom stereocenters. The van der Waals surface area contributed by atoms with Crippen molar-refractivity contribution in [1.29, 1.82) is 0 Å². The van der Waals surface area contributed by atoms with E-state index in [1.807, 2.05) is 7.05 Å². The minimum atomic E-state index is 0.0347. The lowest BCUT2D eigenvalue weighted by molar-refractivity contribution is -0.109. The molecule has 0 amide bonds. The van der Waals surface area contributed by atoms with E-state index in [1.165, 1.54) is 0 Å². The Morgan fingerprint density at radius 3 is 2.78 bits per heavy atom. The molecule has 0 spiro atoms. The van der Waals surface area contributed by atoms with Gasteiger partial charge in [-0.3, -0.25) is 0 Å². The molecule has 0 aromatic heterocycles. The molecule has 1 N–H and O–H groups in total. The van der Waals surface area contributed by atoms with Crippen LogP contribution in [0.3, 0.4) is 0 Å². The minimum Gasteiger partial charge on any atom is -0.380 e. The van der Waals surface area contributed by atoms with Gasteiger partial charge in [-0.2, -0.15) is 0 Å². The van der Waals surface area contributed by atoms with E-state index >= 15 is 0 Å².